The average molecular weight is 290 g/mol. The Kier molecular flexibility index (Phi) is 3.26. The van der Waals surface area contributed by atoms with Crippen molar-refractivity contribution in [2.45, 2.75) is 13.0 Å². The molecule has 0 spiro atoms. The second-order valence-corrected chi connectivity index (χ2v) is 4.84. The zero-order chi connectivity index (χ0) is 15.0. The first-order valence-electron chi connectivity index (χ1n) is 6.48. The summed E-state index contributed by atoms with van der Waals surface area (Å²) in [5.41, 5.74) is 6.25. The van der Waals surface area contributed by atoms with Crippen molar-refractivity contribution in [1.29, 1.82) is 0 Å². The zero-order valence-electron chi connectivity index (χ0n) is 11.1. The molecule has 1 fully saturated rings. The third-order valence-corrected chi connectivity index (χ3v) is 3.51. The third-order valence-electron chi connectivity index (χ3n) is 3.51. The number of imidazole rings is 1. The Labute approximate surface area is 119 Å². The van der Waals surface area contributed by atoms with Gasteiger partial charge in [0.05, 0.1) is 18.9 Å². The number of carbonyl (C=O) groups is 2. The number of anilines is 1. The fourth-order valence-corrected chi connectivity index (χ4v) is 2.44. The largest absolute Gasteiger partial charge is 0.395 e. The summed E-state index contributed by atoms with van der Waals surface area (Å²) in [5, 5.41) is 9.01. The van der Waals surface area contributed by atoms with Gasteiger partial charge in [0.1, 0.15) is 6.33 Å². The minimum atomic E-state index is -0.512. The smallest absolute Gasteiger partial charge is 0.229 e. The highest BCUT2D eigenvalue weighted by atomic mass is 16.3. The van der Waals surface area contributed by atoms with E-state index in [1.54, 1.807) is 4.57 Å². The van der Waals surface area contributed by atoms with Crippen LogP contribution in [0, 0.1) is 5.92 Å². The van der Waals surface area contributed by atoms with Crippen LogP contribution in [0.15, 0.2) is 12.7 Å². The molecule has 0 saturated carbocycles. The van der Waals surface area contributed by atoms with E-state index in [1.165, 1.54) is 17.6 Å². The number of nitrogens with two attached hydrogens (primary N) is 1. The number of nitrogens with zero attached hydrogens (tertiary/aromatic N) is 5. The molecular formula is C12H14N6O3. The number of primary amides is 1. The molecule has 0 aromatic carbocycles. The van der Waals surface area contributed by atoms with Gasteiger partial charge in [-0.25, -0.2) is 15.0 Å². The molecule has 1 saturated heterocycles. The molecule has 0 radical (unpaired) electrons. The number of hydrogen-bond donors (Lipinski definition) is 2. The average Bonchev–Trinajstić information content (AvgIpc) is 3.03. The van der Waals surface area contributed by atoms with Crippen LogP contribution in [-0.2, 0) is 16.1 Å². The minimum Gasteiger partial charge on any atom is -0.395 e. The Morgan fingerprint density at radius 2 is 2.24 bits per heavy atom. The van der Waals surface area contributed by atoms with Crippen molar-refractivity contribution in [2.24, 2.45) is 11.7 Å². The second-order valence-electron chi connectivity index (χ2n) is 4.84. The molecule has 9 heteroatoms. The number of carbonyl (C=O) groups excluding carboxylic acids is 2. The van der Waals surface area contributed by atoms with Crippen molar-refractivity contribution < 1.29 is 14.7 Å². The third kappa shape index (κ3) is 2.21. The van der Waals surface area contributed by atoms with Crippen molar-refractivity contribution in [3.05, 3.63) is 12.7 Å². The molecule has 3 heterocycles. The summed E-state index contributed by atoms with van der Waals surface area (Å²) in [6.07, 6.45) is 2.95. The van der Waals surface area contributed by atoms with Gasteiger partial charge in [0.2, 0.25) is 11.8 Å². The summed E-state index contributed by atoms with van der Waals surface area (Å²) in [4.78, 5) is 37.1. The number of amides is 2. The highest BCUT2D eigenvalue weighted by Gasteiger charge is 2.35. The molecular weight excluding hydrogens is 276 g/mol. The van der Waals surface area contributed by atoms with Crippen LogP contribution in [-0.4, -0.2) is 49.6 Å². The first-order valence-corrected chi connectivity index (χ1v) is 6.48. The molecule has 1 aliphatic rings. The van der Waals surface area contributed by atoms with E-state index in [1.807, 2.05) is 0 Å². The van der Waals surface area contributed by atoms with Gasteiger partial charge in [-0.15, -0.1) is 0 Å². The predicted octanol–water partition coefficient (Wildman–Crippen LogP) is -1.34. The number of fused-ring (bicyclic) bond motifs is 1. The van der Waals surface area contributed by atoms with Crippen molar-refractivity contribution >= 4 is 28.8 Å². The van der Waals surface area contributed by atoms with Crippen molar-refractivity contribution in [3.63, 3.8) is 0 Å². The summed E-state index contributed by atoms with van der Waals surface area (Å²) in [6, 6.07) is 0. The van der Waals surface area contributed by atoms with Gasteiger partial charge in [-0.05, 0) is 0 Å². The van der Waals surface area contributed by atoms with Crippen LogP contribution in [0.25, 0.3) is 11.2 Å². The normalized spacial score (nSPS) is 18.6. The van der Waals surface area contributed by atoms with E-state index in [9.17, 15) is 9.59 Å². The standard InChI is InChI=1S/C12H14N6O3/c13-10(21)7-3-8(20)18(4-7)12-9-11(14-5-15-12)17(1-2-19)6-16-9/h5-7,19H,1-4H2,(H2,13,21). The Hall–Kier alpha value is -2.55. The monoisotopic (exact) mass is 290 g/mol. The number of aliphatic hydroxyl groups excluding tert-OH is 1. The Morgan fingerprint density at radius 1 is 1.43 bits per heavy atom. The van der Waals surface area contributed by atoms with Gasteiger partial charge in [-0.2, -0.15) is 0 Å². The first kappa shape index (κ1) is 13.4. The first-order chi connectivity index (χ1) is 10.1. The number of aromatic nitrogens is 4. The van der Waals surface area contributed by atoms with Crippen LogP contribution in [0.5, 0.6) is 0 Å². The van der Waals surface area contributed by atoms with Crippen molar-refractivity contribution in [1.82, 2.24) is 19.5 Å². The van der Waals surface area contributed by atoms with Crippen LogP contribution < -0.4 is 10.6 Å². The van der Waals surface area contributed by atoms with Crippen LogP contribution in [0.1, 0.15) is 6.42 Å². The molecule has 0 aliphatic carbocycles. The van der Waals surface area contributed by atoms with Crippen LogP contribution >= 0.6 is 0 Å². The van der Waals surface area contributed by atoms with Gasteiger partial charge in [-0.1, -0.05) is 0 Å². The van der Waals surface area contributed by atoms with Gasteiger partial charge in [0.25, 0.3) is 0 Å². The molecule has 1 atom stereocenters. The Balaban J connectivity index is 2.01. The molecule has 2 amide bonds. The maximum absolute atomic E-state index is 12.0. The minimum absolute atomic E-state index is 0.0445. The van der Waals surface area contributed by atoms with E-state index in [2.05, 4.69) is 15.0 Å². The molecule has 3 rings (SSSR count). The van der Waals surface area contributed by atoms with E-state index in [4.69, 9.17) is 10.8 Å². The van der Waals surface area contributed by atoms with E-state index >= 15 is 0 Å². The highest BCUT2D eigenvalue weighted by molar-refractivity contribution is 6.03. The summed E-state index contributed by atoms with van der Waals surface area (Å²) in [6.45, 7) is 0.509. The Bertz CT molecular complexity index is 712. The zero-order valence-corrected chi connectivity index (χ0v) is 11.1. The molecule has 21 heavy (non-hydrogen) atoms. The van der Waals surface area contributed by atoms with Crippen molar-refractivity contribution in [3.8, 4) is 0 Å². The fraction of sp³-hybridized carbons (Fsp3) is 0.417. The van der Waals surface area contributed by atoms with Gasteiger partial charge in [0, 0.05) is 19.5 Å². The van der Waals surface area contributed by atoms with Crippen molar-refractivity contribution in [2.75, 3.05) is 18.1 Å². The molecule has 0 bridgehead atoms. The lowest BCUT2D eigenvalue weighted by Crippen LogP contribution is -2.29. The molecule has 2 aromatic rings. The van der Waals surface area contributed by atoms with E-state index in [0.717, 1.165) is 0 Å². The molecule has 1 aliphatic heterocycles. The number of aliphatic hydroxyl groups is 1. The Morgan fingerprint density at radius 3 is 2.90 bits per heavy atom. The molecule has 3 N–H and O–H groups in total. The van der Waals surface area contributed by atoms with Crippen LogP contribution in [0.2, 0.25) is 0 Å². The quantitative estimate of drug-likeness (QED) is 0.717. The van der Waals surface area contributed by atoms with E-state index < -0.39 is 11.8 Å². The topological polar surface area (TPSA) is 127 Å². The summed E-state index contributed by atoms with van der Waals surface area (Å²) >= 11 is 0. The van der Waals surface area contributed by atoms with Gasteiger partial charge >= 0.3 is 0 Å². The van der Waals surface area contributed by atoms with E-state index in [-0.39, 0.29) is 25.5 Å². The highest BCUT2D eigenvalue weighted by Crippen LogP contribution is 2.27. The lowest BCUT2D eigenvalue weighted by atomic mass is 10.1. The maximum atomic E-state index is 12.0. The lowest BCUT2D eigenvalue weighted by Gasteiger charge is -2.15. The molecule has 2 aromatic heterocycles. The van der Waals surface area contributed by atoms with Gasteiger partial charge in [0.15, 0.2) is 17.0 Å². The summed E-state index contributed by atoms with van der Waals surface area (Å²) < 4.78 is 1.67. The summed E-state index contributed by atoms with van der Waals surface area (Å²) in [7, 11) is 0. The molecule has 9 nitrogen and oxygen atoms in total. The number of hydrogen-bond acceptors (Lipinski definition) is 6. The number of rotatable bonds is 4. The fourth-order valence-electron chi connectivity index (χ4n) is 2.44. The van der Waals surface area contributed by atoms with Gasteiger partial charge < -0.3 is 15.4 Å². The molecule has 1 unspecified atom stereocenters. The maximum Gasteiger partial charge on any atom is 0.229 e. The molecule has 110 valence electrons. The second kappa shape index (κ2) is 5.09. The predicted molar refractivity (Wildman–Crippen MR) is 72.1 cm³/mol. The van der Waals surface area contributed by atoms with Crippen LogP contribution in [0.4, 0.5) is 5.82 Å². The van der Waals surface area contributed by atoms with Gasteiger partial charge in [-0.3, -0.25) is 14.5 Å². The lowest BCUT2D eigenvalue weighted by molar-refractivity contribution is -0.123. The van der Waals surface area contributed by atoms with Crippen LogP contribution in [0.3, 0.4) is 0 Å². The SMILES string of the molecule is NC(=O)C1CC(=O)N(c2ncnc3c2ncn3CCO)C1. The summed E-state index contributed by atoms with van der Waals surface area (Å²) in [5.74, 6) is -0.857. The van der Waals surface area contributed by atoms with E-state index in [0.29, 0.717) is 23.5 Å².